The Morgan fingerprint density at radius 2 is 2.08 bits per heavy atom. The van der Waals surface area contributed by atoms with E-state index in [0.29, 0.717) is 11.4 Å². The van der Waals surface area contributed by atoms with E-state index in [0.717, 1.165) is 0 Å². The average molecular weight is 374 g/mol. The molecule has 2 rings (SSSR count). The highest BCUT2D eigenvalue weighted by molar-refractivity contribution is 7.89. The molecule has 0 unspecified atom stereocenters. The third-order valence-electron chi connectivity index (χ3n) is 3.29. The molecule has 0 spiro atoms. The van der Waals surface area contributed by atoms with Crippen LogP contribution in [-0.4, -0.2) is 39.1 Å². The van der Waals surface area contributed by atoms with Gasteiger partial charge in [0.1, 0.15) is 11.9 Å². The Bertz CT molecular complexity index is 922. The molecule has 0 fully saturated rings. The van der Waals surface area contributed by atoms with Gasteiger partial charge in [0.05, 0.1) is 22.6 Å². The largest absolute Gasteiger partial charge is 0.462 e. The van der Waals surface area contributed by atoms with Gasteiger partial charge < -0.3 is 10.1 Å². The van der Waals surface area contributed by atoms with E-state index in [2.05, 4.69) is 15.0 Å². The molecular weight excluding hydrogens is 356 g/mol. The van der Waals surface area contributed by atoms with Crippen LogP contribution in [0.2, 0.25) is 0 Å². The van der Waals surface area contributed by atoms with Crippen molar-refractivity contribution in [2.45, 2.75) is 11.8 Å². The molecule has 0 aliphatic rings. The molecule has 0 aliphatic carbocycles. The van der Waals surface area contributed by atoms with Crippen molar-refractivity contribution < 1.29 is 17.9 Å². The number of hydrogen-bond donors (Lipinski definition) is 2. The van der Waals surface area contributed by atoms with E-state index in [1.807, 2.05) is 6.07 Å². The third kappa shape index (κ3) is 5.02. The fourth-order valence-electron chi connectivity index (χ4n) is 2.09. The fourth-order valence-corrected chi connectivity index (χ4v) is 3.17. The summed E-state index contributed by atoms with van der Waals surface area (Å²) in [5, 5.41) is 11.9. The molecule has 0 bridgehead atoms. The van der Waals surface area contributed by atoms with Crippen molar-refractivity contribution in [1.29, 1.82) is 5.26 Å². The summed E-state index contributed by atoms with van der Waals surface area (Å²) in [5.41, 5.74) is 0.539. The zero-order valence-electron chi connectivity index (χ0n) is 14.1. The van der Waals surface area contributed by atoms with Crippen LogP contribution in [0.4, 0.5) is 5.82 Å². The van der Waals surface area contributed by atoms with E-state index in [9.17, 15) is 13.2 Å². The van der Waals surface area contributed by atoms with Crippen molar-refractivity contribution in [1.82, 2.24) is 9.71 Å². The third-order valence-corrected chi connectivity index (χ3v) is 4.75. The average Bonchev–Trinajstić information content (AvgIpc) is 2.66. The van der Waals surface area contributed by atoms with Crippen molar-refractivity contribution in [3.63, 3.8) is 0 Å². The minimum absolute atomic E-state index is 0.0291. The number of pyridine rings is 1. The minimum Gasteiger partial charge on any atom is -0.462 e. The number of nitriles is 1. The molecule has 0 saturated heterocycles. The molecule has 0 radical (unpaired) electrons. The quantitative estimate of drug-likeness (QED) is 0.531. The lowest BCUT2D eigenvalue weighted by atomic mass is 10.2. The predicted octanol–water partition coefficient (Wildman–Crippen LogP) is 1.52. The maximum Gasteiger partial charge on any atom is 0.338 e. The van der Waals surface area contributed by atoms with Gasteiger partial charge in [-0.15, -0.1) is 0 Å². The Morgan fingerprint density at radius 3 is 2.81 bits per heavy atom. The van der Waals surface area contributed by atoms with Crippen molar-refractivity contribution >= 4 is 21.8 Å². The second kappa shape index (κ2) is 8.94. The zero-order chi connectivity index (χ0) is 19.0. The Labute approximate surface area is 151 Å². The Morgan fingerprint density at radius 1 is 1.27 bits per heavy atom. The maximum atomic E-state index is 12.3. The van der Waals surface area contributed by atoms with Crippen LogP contribution in [0, 0.1) is 11.3 Å². The van der Waals surface area contributed by atoms with Crippen LogP contribution in [0.15, 0.2) is 47.5 Å². The first-order valence-electron chi connectivity index (χ1n) is 7.83. The van der Waals surface area contributed by atoms with Crippen LogP contribution in [0.1, 0.15) is 22.8 Å². The number of nitrogens with zero attached hydrogens (tertiary/aromatic N) is 2. The number of aromatic nitrogens is 1. The Hall–Kier alpha value is -2.96. The number of rotatable bonds is 8. The highest BCUT2D eigenvalue weighted by Crippen LogP contribution is 2.13. The van der Waals surface area contributed by atoms with E-state index in [4.69, 9.17) is 10.00 Å². The van der Waals surface area contributed by atoms with Crippen LogP contribution in [0.5, 0.6) is 0 Å². The summed E-state index contributed by atoms with van der Waals surface area (Å²) >= 11 is 0. The van der Waals surface area contributed by atoms with Crippen molar-refractivity contribution in [2.75, 3.05) is 25.0 Å². The van der Waals surface area contributed by atoms with Gasteiger partial charge in [0, 0.05) is 19.3 Å². The highest BCUT2D eigenvalue weighted by Gasteiger charge is 2.16. The first kappa shape index (κ1) is 19.4. The first-order chi connectivity index (χ1) is 12.5. The van der Waals surface area contributed by atoms with Gasteiger partial charge in [0.25, 0.3) is 0 Å². The lowest BCUT2D eigenvalue weighted by molar-refractivity contribution is 0.0526. The molecule has 0 atom stereocenters. The molecule has 0 aliphatic heterocycles. The standard InChI is InChI=1S/C17H18N4O4S/c1-2-25-17(22)13-5-3-7-15(11-13)26(23,24)21-10-9-20-16-14(12-18)6-4-8-19-16/h3-8,11,21H,2,9-10H2,1H3,(H,19,20). The monoisotopic (exact) mass is 374 g/mol. The van der Waals surface area contributed by atoms with Gasteiger partial charge >= 0.3 is 5.97 Å². The van der Waals surface area contributed by atoms with Crippen LogP contribution in [0.3, 0.4) is 0 Å². The maximum absolute atomic E-state index is 12.3. The molecule has 0 amide bonds. The number of esters is 1. The Balaban J connectivity index is 1.98. The molecule has 8 nitrogen and oxygen atoms in total. The predicted molar refractivity (Wildman–Crippen MR) is 95.0 cm³/mol. The molecule has 1 aromatic heterocycles. The van der Waals surface area contributed by atoms with Gasteiger partial charge in [0.2, 0.25) is 10.0 Å². The SMILES string of the molecule is CCOC(=O)c1cccc(S(=O)(=O)NCCNc2ncccc2C#N)c1. The molecule has 2 aromatic rings. The van der Waals surface area contributed by atoms with Gasteiger partial charge in [-0.2, -0.15) is 5.26 Å². The van der Waals surface area contributed by atoms with Crippen molar-refractivity contribution in [3.8, 4) is 6.07 Å². The smallest absolute Gasteiger partial charge is 0.338 e. The lowest BCUT2D eigenvalue weighted by Crippen LogP contribution is -2.29. The second-order valence-electron chi connectivity index (χ2n) is 5.08. The van der Waals surface area contributed by atoms with Gasteiger partial charge in [-0.25, -0.2) is 22.9 Å². The van der Waals surface area contributed by atoms with E-state index < -0.39 is 16.0 Å². The lowest BCUT2D eigenvalue weighted by Gasteiger charge is -2.10. The van der Waals surface area contributed by atoms with E-state index in [1.165, 1.54) is 30.5 Å². The first-order valence-corrected chi connectivity index (χ1v) is 9.32. The van der Waals surface area contributed by atoms with Crippen LogP contribution in [0.25, 0.3) is 0 Å². The number of carbonyl (C=O) groups is 1. The molecule has 0 saturated carbocycles. The zero-order valence-corrected chi connectivity index (χ0v) is 14.9. The molecule has 9 heteroatoms. The number of ether oxygens (including phenoxy) is 1. The van der Waals surface area contributed by atoms with Gasteiger partial charge in [-0.1, -0.05) is 6.07 Å². The van der Waals surface area contributed by atoms with Gasteiger partial charge in [0.15, 0.2) is 0 Å². The van der Waals surface area contributed by atoms with Crippen LogP contribution in [-0.2, 0) is 14.8 Å². The van der Waals surface area contributed by atoms with E-state index in [-0.39, 0.29) is 30.2 Å². The normalized spacial score (nSPS) is 10.8. The molecule has 1 heterocycles. The summed E-state index contributed by atoms with van der Waals surface area (Å²) in [6.07, 6.45) is 1.54. The summed E-state index contributed by atoms with van der Waals surface area (Å²) in [5.74, 6) is -0.191. The highest BCUT2D eigenvalue weighted by atomic mass is 32.2. The van der Waals surface area contributed by atoms with Crippen LogP contribution >= 0.6 is 0 Å². The van der Waals surface area contributed by atoms with Crippen molar-refractivity contribution in [2.24, 2.45) is 0 Å². The number of anilines is 1. The van der Waals surface area contributed by atoms with Crippen LogP contribution < -0.4 is 10.0 Å². The molecular formula is C17H18N4O4S. The summed E-state index contributed by atoms with van der Waals surface area (Å²) in [4.78, 5) is 15.7. The summed E-state index contributed by atoms with van der Waals surface area (Å²) < 4.78 is 32.0. The summed E-state index contributed by atoms with van der Waals surface area (Å²) in [6.45, 7) is 2.19. The molecule has 136 valence electrons. The Kier molecular flexibility index (Phi) is 6.66. The second-order valence-corrected chi connectivity index (χ2v) is 6.85. The fraction of sp³-hybridized carbons (Fsp3) is 0.235. The summed E-state index contributed by atoms with van der Waals surface area (Å²) in [7, 11) is -3.78. The molecule has 26 heavy (non-hydrogen) atoms. The number of hydrogen-bond acceptors (Lipinski definition) is 7. The number of carbonyl (C=O) groups excluding carboxylic acids is 1. The van der Waals surface area contributed by atoms with E-state index >= 15 is 0 Å². The molecule has 2 N–H and O–H groups in total. The minimum atomic E-state index is -3.78. The van der Waals surface area contributed by atoms with E-state index in [1.54, 1.807) is 19.1 Å². The van der Waals surface area contributed by atoms with Gasteiger partial charge in [-0.05, 0) is 37.3 Å². The number of sulfonamides is 1. The van der Waals surface area contributed by atoms with Gasteiger partial charge in [-0.3, -0.25) is 0 Å². The molecule has 1 aromatic carbocycles. The summed E-state index contributed by atoms with van der Waals surface area (Å²) in [6, 6.07) is 10.9. The number of nitrogens with one attached hydrogen (secondary N) is 2. The topological polar surface area (TPSA) is 121 Å². The number of benzene rings is 1. The van der Waals surface area contributed by atoms with Crippen molar-refractivity contribution in [3.05, 3.63) is 53.7 Å².